The van der Waals surface area contributed by atoms with E-state index in [1.54, 1.807) is 12.6 Å². The van der Waals surface area contributed by atoms with Crippen LogP contribution >= 0.6 is 0 Å². The Morgan fingerprint density at radius 2 is 2.31 bits per heavy atom. The standard InChI is InChI=1S/C11H17N3OS/c1-8(6-16(2)15)14-11-9-4-3-5-10(9)12-7-13-11/h7-8H,3-6H2,1-2H3,(H,12,13,14). The Morgan fingerprint density at radius 3 is 3.06 bits per heavy atom. The van der Waals surface area contributed by atoms with E-state index in [4.69, 9.17) is 0 Å². The van der Waals surface area contributed by atoms with Crippen LogP contribution in [-0.2, 0) is 23.6 Å². The SMILES string of the molecule is CC(CS(C)=O)Nc1ncnc2c1CCC2. The molecule has 4 nitrogen and oxygen atoms in total. The molecule has 0 radical (unpaired) electrons. The zero-order valence-corrected chi connectivity index (χ0v) is 10.5. The van der Waals surface area contributed by atoms with Crippen molar-refractivity contribution in [3.63, 3.8) is 0 Å². The van der Waals surface area contributed by atoms with Crippen LogP contribution in [-0.4, -0.2) is 32.2 Å². The van der Waals surface area contributed by atoms with Crippen molar-refractivity contribution in [2.75, 3.05) is 17.3 Å². The number of aryl methyl sites for hydroxylation is 1. The lowest BCUT2D eigenvalue weighted by Crippen LogP contribution is -2.23. The summed E-state index contributed by atoms with van der Waals surface area (Å²) in [7, 11) is -0.774. The van der Waals surface area contributed by atoms with Gasteiger partial charge in [0.25, 0.3) is 0 Å². The van der Waals surface area contributed by atoms with Crippen molar-refractivity contribution >= 4 is 16.6 Å². The summed E-state index contributed by atoms with van der Waals surface area (Å²) >= 11 is 0. The van der Waals surface area contributed by atoms with Gasteiger partial charge in [-0.3, -0.25) is 4.21 Å². The largest absolute Gasteiger partial charge is 0.366 e. The molecule has 1 aliphatic rings. The molecule has 0 bridgehead atoms. The van der Waals surface area contributed by atoms with E-state index in [2.05, 4.69) is 15.3 Å². The van der Waals surface area contributed by atoms with Crippen molar-refractivity contribution in [1.82, 2.24) is 9.97 Å². The Labute approximate surface area is 98.3 Å². The predicted octanol–water partition coefficient (Wildman–Crippen LogP) is 1.14. The van der Waals surface area contributed by atoms with Crippen LogP contribution in [0.15, 0.2) is 6.33 Å². The quantitative estimate of drug-likeness (QED) is 0.856. The topological polar surface area (TPSA) is 54.9 Å². The Hall–Kier alpha value is -0.970. The summed E-state index contributed by atoms with van der Waals surface area (Å²) in [5.74, 6) is 1.58. The van der Waals surface area contributed by atoms with E-state index < -0.39 is 10.8 Å². The molecule has 2 atom stereocenters. The van der Waals surface area contributed by atoms with Crippen LogP contribution < -0.4 is 5.32 Å². The third kappa shape index (κ3) is 2.58. The number of nitrogens with zero attached hydrogens (tertiary/aromatic N) is 2. The van der Waals surface area contributed by atoms with E-state index in [0.29, 0.717) is 5.75 Å². The molecule has 0 fully saturated rings. The highest BCUT2D eigenvalue weighted by Crippen LogP contribution is 2.25. The van der Waals surface area contributed by atoms with E-state index in [1.807, 2.05) is 6.92 Å². The normalized spacial score (nSPS) is 17.9. The van der Waals surface area contributed by atoms with Gasteiger partial charge < -0.3 is 5.32 Å². The van der Waals surface area contributed by atoms with Gasteiger partial charge in [-0.15, -0.1) is 0 Å². The summed E-state index contributed by atoms with van der Waals surface area (Å²) in [5.41, 5.74) is 2.42. The Bertz CT molecular complexity index is 408. The predicted molar refractivity (Wildman–Crippen MR) is 66.1 cm³/mol. The fourth-order valence-corrected chi connectivity index (χ4v) is 2.90. The lowest BCUT2D eigenvalue weighted by atomic mass is 10.2. The van der Waals surface area contributed by atoms with Crippen molar-refractivity contribution in [3.8, 4) is 0 Å². The van der Waals surface area contributed by atoms with Gasteiger partial charge in [0.2, 0.25) is 0 Å². The number of rotatable bonds is 4. The summed E-state index contributed by atoms with van der Waals surface area (Å²) in [6, 6.07) is 0.186. The number of hydrogen-bond donors (Lipinski definition) is 1. The van der Waals surface area contributed by atoms with E-state index in [-0.39, 0.29) is 6.04 Å². The van der Waals surface area contributed by atoms with E-state index >= 15 is 0 Å². The summed E-state index contributed by atoms with van der Waals surface area (Å²) in [6.07, 6.45) is 6.61. The van der Waals surface area contributed by atoms with Crippen LogP contribution in [0.3, 0.4) is 0 Å². The number of anilines is 1. The van der Waals surface area contributed by atoms with Crippen molar-refractivity contribution in [2.24, 2.45) is 0 Å². The molecular weight excluding hydrogens is 222 g/mol. The van der Waals surface area contributed by atoms with Crippen molar-refractivity contribution in [1.29, 1.82) is 0 Å². The molecule has 1 heterocycles. The average molecular weight is 239 g/mol. The van der Waals surface area contributed by atoms with Crippen LogP contribution in [0.1, 0.15) is 24.6 Å². The van der Waals surface area contributed by atoms with E-state index in [9.17, 15) is 4.21 Å². The molecule has 2 rings (SSSR count). The Morgan fingerprint density at radius 1 is 1.50 bits per heavy atom. The number of fused-ring (bicyclic) bond motifs is 1. The summed E-state index contributed by atoms with van der Waals surface area (Å²) in [5, 5.41) is 3.33. The molecule has 0 amide bonds. The summed E-state index contributed by atoms with van der Waals surface area (Å²) in [6.45, 7) is 2.03. The van der Waals surface area contributed by atoms with Gasteiger partial charge in [0, 0.05) is 40.1 Å². The molecule has 0 spiro atoms. The second-order valence-corrected chi connectivity index (χ2v) is 5.77. The van der Waals surface area contributed by atoms with Gasteiger partial charge in [-0.2, -0.15) is 0 Å². The van der Waals surface area contributed by atoms with E-state index in [0.717, 1.165) is 25.1 Å². The highest BCUT2D eigenvalue weighted by atomic mass is 32.2. The molecular formula is C11H17N3OS. The molecule has 1 aromatic heterocycles. The van der Waals surface area contributed by atoms with Gasteiger partial charge in [0.15, 0.2) is 0 Å². The summed E-state index contributed by atoms with van der Waals surface area (Å²) < 4.78 is 11.1. The van der Waals surface area contributed by atoms with Crippen molar-refractivity contribution < 1.29 is 4.21 Å². The van der Waals surface area contributed by atoms with Crippen LogP contribution in [0.25, 0.3) is 0 Å². The monoisotopic (exact) mass is 239 g/mol. The zero-order valence-electron chi connectivity index (χ0n) is 9.69. The molecule has 0 aromatic carbocycles. The lowest BCUT2D eigenvalue weighted by molar-refractivity contribution is 0.682. The smallest absolute Gasteiger partial charge is 0.133 e. The second kappa shape index (κ2) is 4.91. The minimum atomic E-state index is -0.774. The Balaban J connectivity index is 2.10. The second-order valence-electron chi connectivity index (χ2n) is 4.29. The van der Waals surface area contributed by atoms with Gasteiger partial charge in [-0.1, -0.05) is 0 Å². The molecule has 16 heavy (non-hydrogen) atoms. The first-order valence-corrected chi connectivity index (χ1v) is 7.29. The third-order valence-electron chi connectivity index (χ3n) is 2.74. The first-order valence-electron chi connectivity index (χ1n) is 5.56. The minimum absolute atomic E-state index is 0.186. The summed E-state index contributed by atoms with van der Waals surface area (Å²) in [4.78, 5) is 8.55. The van der Waals surface area contributed by atoms with Gasteiger partial charge in [0.05, 0.1) is 0 Å². The molecule has 1 aromatic rings. The first-order chi connectivity index (χ1) is 7.66. The molecule has 88 valence electrons. The first kappa shape index (κ1) is 11.5. The molecule has 1 N–H and O–H groups in total. The lowest BCUT2D eigenvalue weighted by Gasteiger charge is -2.15. The maximum Gasteiger partial charge on any atom is 0.133 e. The maximum atomic E-state index is 11.1. The molecule has 5 heteroatoms. The minimum Gasteiger partial charge on any atom is -0.366 e. The third-order valence-corrected chi connectivity index (χ3v) is 3.71. The Kier molecular flexibility index (Phi) is 3.53. The highest BCUT2D eigenvalue weighted by molar-refractivity contribution is 7.84. The van der Waals surface area contributed by atoms with Crippen molar-refractivity contribution in [2.45, 2.75) is 32.2 Å². The fourth-order valence-electron chi connectivity index (χ4n) is 2.11. The number of nitrogens with one attached hydrogen (secondary N) is 1. The highest BCUT2D eigenvalue weighted by Gasteiger charge is 2.18. The molecule has 1 aliphatic carbocycles. The maximum absolute atomic E-state index is 11.1. The van der Waals surface area contributed by atoms with Crippen LogP contribution in [0.4, 0.5) is 5.82 Å². The van der Waals surface area contributed by atoms with Crippen LogP contribution in [0.5, 0.6) is 0 Å². The number of aromatic nitrogens is 2. The van der Waals surface area contributed by atoms with Gasteiger partial charge in [-0.25, -0.2) is 9.97 Å². The molecule has 0 saturated carbocycles. The van der Waals surface area contributed by atoms with Crippen LogP contribution in [0, 0.1) is 0 Å². The van der Waals surface area contributed by atoms with Gasteiger partial charge in [-0.05, 0) is 26.2 Å². The van der Waals surface area contributed by atoms with E-state index in [1.165, 1.54) is 11.3 Å². The van der Waals surface area contributed by atoms with Crippen LogP contribution in [0.2, 0.25) is 0 Å². The molecule has 0 aliphatic heterocycles. The van der Waals surface area contributed by atoms with Gasteiger partial charge in [0.1, 0.15) is 12.1 Å². The average Bonchev–Trinajstić information content (AvgIpc) is 2.65. The molecule has 0 saturated heterocycles. The number of hydrogen-bond acceptors (Lipinski definition) is 4. The van der Waals surface area contributed by atoms with Crippen molar-refractivity contribution in [3.05, 3.63) is 17.6 Å². The zero-order chi connectivity index (χ0) is 11.5. The fraction of sp³-hybridized carbons (Fsp3) is 0.636. The van der Waals surface area contributed by atoms with Gasteiger partial charge >= 0.3 is 0 Å². The molecule has 2 unspecified atom stereocenters.